The van der Waals surface area contributed by atoms with Gasteiger partial charge in [-0.1, -0.05) is 59.6 Å². The number of halogens is 8. The highest BCUT2D eigenvalue weighted by Gasteiger charge is 2.32. The molecule has 0 amide bonds. The number of benzene rings is 4. The Balaban J connectivity index is 1.76. The number of nitrogens with zero attached hydrogens (tertiary/aromatic N) is 1. The van der Waals surface area contributed by atoms with E-state index in [-0.39, 0.29) is 44.6 Å². The van der Waals surface area contributed by atoms with Gasteiger partial charge in [0.2, 0.25) is 0 Å². The Bertz CT molecular complexity index is 1500. The highest BCUT2D eigenvalue weighted by molar-refractivity contribution is 8.00. The van der Waals surface area contributed by atoms with Gasteiger partial charge in [-0.15, -0.1) is 0 Å². The lowest BCUT2D eigenvalue weighted by Crippen LogP contribution is -2.31. The molecule has 1 unspecified atom stereocenters. The molecule has 0 saturated carbocycles. The number of ether oxygens (including phenoxy) is 1. The van der Waals surface area contributed by atoms with Gasteiger partial charge in [0.15, 0.2) is 0 Å². The van der Waals surface area contributed by atoms with Crippen LogP contribution in [0.2, 0.25) is 10.0 Å². The summed E-state index contributed by atoms with van der Waals surface area (Å²) in [6.45, 7) is -0.640. The van der Waals surface area contributed by atoms with Crippen molar-refractivity contribution in [2.24, 2.45) is 0 Å². The van der Waals surface area contributed by atoms with Crippen molar-refractivity contribution >= 4 is 40.7 Å². The van der Waals surface area contributed by atoms with Gasteiger partial charge in [-0.3, -0.25) is 0 Å². The normalized spacial score (nSPS) is 12.7. The molecule has 0 bridgehead atoms. The molecule has 0 heterocycles. The highest BCUT2D eigenvalue weighted by Crippen LogP contribution is 2.40. The number of aliphatic hydroxyl groups excluding tert-OH is 1. The molecule has 0 saturated heterocycles. The van der Waals surface area contributed by atoms with Crippen LogP contribution < -0.4 is 9.64 Å². The molecule has 4 aromatic rings. The Morgan fingerprint density at radius 2 is 1.54 bits per heavy atom. The van der Waals surface area contributed by atoms with Crippen molar-refractivity contribution in [3.63, 3.8) is 0 Å². The minimum atomic E-state index is -4.62. The third kappa shape index (κ3) is 8.25. The van der Waals surface area contributed by atoms with Crippen LogP contribution in [0.15, 0.2) is 95.9 Å². The second kappa shape index (κ2) is 12.9. The molecular formula is C29H21Cl2F6NO2S. The van der Waals surface area contributed by atoms with E-state index < -0.39 is 29.9 Å². The van der Waals surface area contributed by atoms with Crippen LogP contribution in [0.5, 0.6) is 11.5 Å². The van der Waals surface area contributed by atoms with E-state index in [1.165, 1.54) is 30.3 Å². The van der Waals surface area contributed by atoms with Gasteiger partial charge in [0.25, 0.3) is 0 Å². The average Bonchev–Trinajstić information content (AvgIpc) is 2.90. The SMILES string of the molecule is OCC(c1cccc(C(F)(F)F)c1)N(Cc1cccc(SC(F)(F)F)c1)c1cccc(Oc2cccc(Cl)c2Cl)c1. The molecule has 4 aromatic carbocycles. The maximum atomic E-state index is 13.5. The van der Waals surface area contributed by atoms with Crippen molar-refractivity contribution in [3.8, 4) is 11.5 Å². The summed E-state index contributed by atoms with van der Waals surface area (Å²) in [5, 5.41) is 10.9. The van der Waals surface area contributed by atoms with Crippen molar-refractivity contribution in [2.75, 3.05) is 11.5 Å². The van der Waals surface area contributed by atoms with E-state index in [0.29, 0.717) is 17.0 Å². The molecule has 41 heavy (non-hydrogen) atoms. The standard InChI is InChI=1S/C29H21Cl2F6NO2S/c30-24-11-4-12-26(27(24)31)40-22-9-3-8-21(15-22)38(16-18-5-1-10-23(13-18)41-29(35,36)37)25(17-39)19-6-2-7-20(14-19)28(32,33)34/h1-15,25,39H,16-17H2. The van der Waals surface area contributed by atoms with E-state index in [1.54, 1.807) is 53.4 Å². The first-order valence-corrected chi connectivity index (χ1v) is 13.5. The summed E-state index contributed by atoms with van der Waals surface area (Å²) in [6, 6.07) is 20.6. The van der Waals surface area contributed by atoms with E-state index in [2.05, 4.69) is 0 Å². The average molecular weight is 632 g/mol. The van der Waals surface area contributed by atoms with E-state index >= 15 is 0 Å². The van der Waals surface area contributed by atoms with Gasteiger partial charge < -0.3 is 14.7 Å². The largest absolute Gasteiger partial charge is 0.456 e. The maximum Gasteiger partial charge on any atom is 0.446 e. The quantitative estimate of drug-likeness (QED) is 0.147. The lowest BCUT2D eigenvalue weighted by molar-refractivity contribution is -0.137. The fourth-order valence-corrected chi connectivity index (χ4v) is 5.10. The van der Waals surface area contributed by atoms with E-state index in [4.69, 9.17) is 27.9 Å². The Morgan fingerprint density at radius 3 is 2.24 bits per heavy atom. The third-order valence-electron chi connectivity index (χ3n) is 5.93. The van der Waals surface area contributed by atoms with Crippen LogP contribution in [0.25, 0.3) is 0 Å². The second-order valence-corrected chi connectivity index (χ2v) is 10.7. The molecular weight excluding hydrogens is 611 g/mol. The minimum Gasteiger partial charge on any atom is -0.456 e. The van der Waals surface area contributed by atoms with Gasteiger partial charge in [0.1, 0.15) is 16.5 Å². The number of aliphatic hydroxyl groups is 1. The predicted molar refractivity (Wildman–Crippen MR) is 149 cm³/mol. The van der Waals surface area contributed by atoms with E-state index in [0.717, 1.165) is 12.1 Å². The number of rotatable bonds is 9. The van der Waals surface area contributed by atoms with Gasteiger partial charge >= 0.3 is 11.7 Å². The summed E-state index contributed by atoms with van der Waals surface area (Å²) in [5.74, 6) is 0.565. The first-order valence-electron chi connectivity index (χ1n) is 12.0. The molecule has 0 aliphatic heterocycles. The first kappa shape index (κ1) is 30.9. The van der Waals surface area contributed by atoms with Gasteiger partial charge in [0.05, 0.1) is 23.2 Å². The van der Waals surface area contributed by atoms with Crippen LogP contribution in [0, 0.1) is 0 Å². The van der Waals surface area contributed by atoms with Crippen LogP contribution in [0.1, 0.15) is 22.7 Å². The van der Waals surface area contributed by atoms with Crippen LogP contribution in [0.3, 0.4) is 0 Å². The predicted octanol–water partition coefficient (Wildman–Crippen LogP) is 10.2. The Labute approximate surface area is 246 Å². The molecule has 4 rings (SSSR count). The van der Waals surface area contributed by atoms with Crippen LogP contribution >= 0.6 is 35.0 Å². The van der Waals surface area contributed by atoms with Crippen molar-refractivity contribution < 1.29 is 36.2 Å². The first-order chi connectivity index (χ1) is 19.3. The van der Waals surface area contributed by atoms with E-state index in [1.807, 2.05) is 0 Å². The van der Waals surface area contributed by atoms with Crippen molar-refractivity contribution in [2.45, 2.75) is 29.2 Å². The molecule has 3 nitrogen and oxygen atoms in total. The van der Waals surface area contributed by atoms with Crippen LogP contribution in [0.4, 0.5) is 32.0 Å². The summed E-state index contributed by atoms with van der Waals surface area (Å²) in [4.78, 5) is 1.54. The fourth-order valence-electron chi connectivity index (χ4n) is 4.14. The summed E-state index contributed by atoms with van der Waals surface area (Å²) < 4.78 is 85.4. The molecule has 12 heteroatoms. The number of anilines is 1. The molecule has 1 atom stereocenters. The van der Waals surface area contributed by atoms with E-state index in [9.17, 15) is 31.4 Å². The topological polar surface area (TPSA) is 32.7 Å². The van der Waals surface area contributed by atoms with Gasteiger partial charge in [-0.25, -0.2) is 0 Å². The minimum absolute atomic E-state index is 0.0465. The molecule has 0 radical (unpaired) electrons. The van der Waals surface area contributed by atoms with Crippen LogP contribution in [-0.2, 0) is 12.7 Å². The molecule has 0 spiro atoms. The maximum absolute atomic E-state index is 13.5. The number of alkyl halides is 6. The second-order valence-electron chi connectivity index (χ2n) is 8.80. The van der Waals surface area contributed by atoms with Crippen molar-refractivity contribution in [1.29, 1.82) is 0 Å². The lowest BCUT2D eigenvalue weighted by atomic mass is 10.0. The summed E-state index contributed by atoms with van der Waals surface area (Å²) >= 11 is 12.0. The zero-order chi connectivity index (χ0) is 29.8. The van der Waals surface area contributed by atoms with Gasteiger partial charge in [0, 0.05) is 23.2 Å². The number of hydrogen-bond acceptors (Lipinski definition) is 4. The Kier molecular flexibility index (Phi) is 9.69. The van der Waals surface area contributed by atoms with Gasteiger partial charge in [-0.2, -0.15) is 26.3 Å². The highest BCUT2D eigenvalue weighted by atomic mass is 35.5. The molecule has 216 valence electrons. The van der Waals surface area contributed by atoms with Crippen LogP contribution in [-0.4, -0.2) is 17.2 Å². The molecule has 0 aliphatic carbocycles. The molecule has 1 N–H and O–H groups in total. The Morgan fingerprint density at radius 1 is 0.829 bits per heavy atom. The summed E-state index contributed by atoms with van der Waals surface area (Å²) in [5.41, 5.74) is -4.38. The lowest BCUT2D eigenvalue weighted by Gasteiger charge is -2.34. The molecule has 0 fully saturated rings. The monoisotopic (exact) mass is 631 g/mol. The zero-order valence-corrected chi connectivity index (χ0v) is 23.2. The number of hydrogen-bond donors (Lipinski definition) is 1. The Hall–Kier alpha value is -3.05. The van der Waals surface area contributed by atoms with Crippen molar-refractivity contribution in [1.82, 2.24) is 0 Å². The fraction of sp³-hybridized carbons (Fsp3) is 0.172. The number of thioether (sulfide) groups is 1. The molecule has 0 aromatic heterocycles. The third-order valence-corrected chi connectivity index (χ3v) is 7.45. The summed E-state index contributed by atoms with van der Waals surface area (Å²) in [7, 11) is 0. The zero-order valence-electron chi connectivity index (χ0n) is 20.9. The van der Waals surface area contributed by atoms with Gasteiger partial charge in [-0.05, 0) is 71.4 Å². The molecule has 0 aliphatic rings. The summed E-state index contributed by atoms with van der Waals surface area (Å²) in [6.07, 6.45) is -4.62. The van der Waals surface area contributed by atoms with Crippen molar-refractivity contribution in [3.05, 3.63) is 118 Å². The smallest absolute Gasteiger partial charge is 0.446 e.